The number of para-hydroxylation sites is 1. The van der Waals surface area contributed by atoms with Crippen molar-refractivity contribution in [1.82, 2.24) is 20.1 Å². The van der Waals surface area contributed by atoms with Crippen LogP contribution in [0.25, 0.3) is 10.9 Å². The lowest BCUT2D eigenvalue weighted by molar-refractivity contribution is 0.0745. The third kappa shape index (κ3) is 2.93. The van der Waals surface area contributed by atoms with Gasteiger partial charge in [0.15, 0.2) is 5.69 Å². The monoisotopic (exact) mass is 424 g/mol. The molecule has 1 aliphatic heterocycles. The molecule has 2 aromatic carbocycles. The smallest absolute Gasteiger partial charge is 0.275 e. The van der Waals surface area contributed by atoms with Crippen LogP contribution >= 0.6 is 23.2 Å². The van der Waals surface area contributed by atoms with Gasteiger partial charge in [0, 0.05) is 44.9 Å². The van der Waals surface area contributed by atoms with Crippen molar-refractivity contribution in [1.29, 1.82) is 0 Å². The zero-order chi connectivity index (χ0) is 20.1. The first kappa shape index (κ1) is 18.3. The topological polar surface area (TPSA) is 64.8 Å². The minimum Gasteiger partial charge on any atom is -0.361 e. The SMILES string of the molecule is Cc1[nH]nc2c1[C@H](c1ccc(Cl)cc1Cl)N(CCc1c[nH]c3ccccc13)C2=O. The first-order valence-electron chi connectivity index (χ1n) is 9.40. The van der Waals surface area contributed by atoms with Crippen molar-refractivity contribution < 1.29 is 4.79 Å². The molecule has 0 fully saturated rings. The number of nitrogens with one attached hydrogen (secondary N) is 2. The predicted octanol–water partition coefficient (Wildman–Crippen LogP) is 5.29. The zero-order valence-electron chi connectivity index (χ0n) is 15.7. The van der Waals surface area contributed by atoms with Crippen molar-refractivity contribution in [3.8, 4) is 0 Å². The molecule has 2 aromatic heterocycles. The summed E-state index contributed by atoms with van der Waals surface area (Å²) < 4.78 is 0. The quantitative estimate of drug-likeness (QED) is 0.467. The van der Waals surface area contributed by atoms with Crippen molar-refractivity contribution in [3.63, 3.8) is 0 Å². The van der Waals surface area contributed by atoms with Crippen molar-refractivity contribution >= 4 is 40.0 Å². The van der Waals surface area contributed by atoms with Crippen molar-refractivity contribution in [2.24, 2.45) is 0 Å². The van der Waals surface area contributed by atoms with Crippen molar-refractivity contribution in [2.75, 3.05) is 6.54 Å². The van der Waals surface area contributed by atoms with Gasteiger partial charge in [0.1, 0.15) is 0 Å². The Labute approximate surface area is 177 Å². The summed E-state index contributed by atoms with van der Waals surface area (Å²) in [5.41, 5.74) is 5.36. The van der Waals surface area contributed by atoms with Gasteiger partial charge in [-0.05, 0) is 42.7 Å². The molecule has 146 valence electrons. The molecule has 0 unspecified atom stereocenters. The highest BCUT2D eigenvalue weighted by Gasteiger charge is 2.42. The molecule has 29 heavy (non-hydrogen) atoms. The van der Waals surface area contributed by atoms with Crippen LogP contribution in [-0.4, -0.2) is 32.5 Å². The van der Waals surface area contributed by atoms with Crippen LogP contribution in [0.4, 0.5) is 0 Å². The number of rotatable bonds is 4. The number of halogens is 2. The van der Waals surface area contributed by atoms with E-state index >= 15 is 0 Å². The van der Waals surface area contributed by atoms with Crippen molar-refractivity contribution in [3.05, 3.63) is 86.8 Å². The highest BCUT2D eigenvalue weighted by atomic mass is 35.5. The van der Waals surface area contributed by atoms with Gasteiger partial charge >= 0.3 is 0 Å². The summed E-state index contributed by atoms with van der Waals surface area (Å²) >= 11 is 12.6. The molecule has 7 heteroatoms. The van der Waals surface area contributed by atoms with E-state index in [1.54, 1.807) is 12.1 Å². The van der Waals surface area contributed by atoms with E-state index in [9.17, 15) is 4.79 Å². The Kier molecular flexibility index (Phi) is 4.37. The van der Waals surface area contributed by atoms with Gasteiger partial charge in [0.25, 0.3) is 5.91 Å². The van der Waals surface area contributed by atoms with Gasteiger partial charge in [0.05, 0.1) is 6.04 Å². The van der Waals surface area contributed by atoms with E-state index in [-0.39, 0.29) is 11.9 Å². The maximum absolute atomic E-state index is 13.2. The molecule has 1 aliphatic rings. The average Bonchev–Trinajstić information content (AvgIpc) is 3.36. The first-order chi connectivity index (χ1) is 14.0. The average molecular weight is 425 g/mol. The molecule has 1 atom stereocenters. The Bertz CT molecular complexity index is 1240. The van der Waals surface area contributed by atoms with Crippen LogP contribution in [0, 0.1) is 6.92 Å². The van der Waals surface area contributed by atoms with Gasteiger partial charge in [-0.2, -0.15) is 5.10 Å². The first-order valence-corrected chi connectivity index (χ1v) is 10.2. The lowest BCUT2D eigenvalue weighted by Crippen LogP contribution is -2.31. The molecule has 0 saturated carbocycles. The molecular formula is C22H18Cl2N4O. The molecule has 4 aromatic rings. The van der Waals surface area contributed by atoms with E-state index in [2.05, 4.69) is 27.3 Å². The summed E-state index contributed by atoms with van der Waals surface area (Å²) in [6, 6.07) is 13.3. The minimum absolute atomic E-state index is 0.0831. The Morgan fingerprint density at radius 3 is 2.83 bits per heavy atom. The summed E-state index contributed by atoms with van der Waals surface area (Å²) in [5, 5.41) is 9.48. The number of carbonyl (C=O) groups is 1. The third-order valence-corrected chi connectivity index (χ3v) is 6.16. The van der Waals surface area contributed by atoms with Crippen LogP contribution in [0.2, 0.25) is 10.0 Å². The molecule has 2 N–H and O–H groups in total. The molecule has 0 bridgehead atoms. The number of H-pyrrole nitrogens is 2. The van der Waals surface area contributed by atoms with Gasteiger partial charge in [-0.1, -0.05) is 47.5 Å². The lowest BCUT2D eigenvalue weighted by atomic mass is 9.99. The van der Waals surface area contributed by atoms with Gasteiger partial charge < -0.3 is 9.88 Å². The number of aryl methyl sites for hydroxylation is 1. The van der Waals surface area contributed by atoms with E-state index in [1.165, 1.54) is 10.9 Å². The summed E-state index contributed by atoms with van der Waals surface area (Å²) in [4.78, 5) is 18.3. The standard InChI is InChI=1S/C22H18Cl2N4O/c1-12-19-20(27-26-12)22(29)28(21(19)16-7-6-14(23)10-17(16)24)9-8-13-11-25-18-5-3-2-4-15(13)18/h2-7,10-11,21,25H,8-9H2,1H3,(H,26,27)/t21-/m0/s1. The maximum atomic E-state index is 13.2. The second-order valence-electron chi connectivity index (χ2n) is 7.29. The minimum atomic E-state index is -0.286. The van der Waals surface area contributed by atoms with Crippen LogP contribution < -0.4 is 0 Å². The van der Waals surface area contributed by atoms with E-state index < -0.39 is 0 Å². The number of benzene rings is 2. The normalized spacial score (nSPS) is 16.0. The number of fused-ring (bicyclic) bond motifs is 2. The number of amides is 1. The summed E-state index contributed by atoms with van der Waals surface area (Å²) in [6.07, 6.45) is 2.74. The number of hydrogen-bond donors (Lipinski definition) is 2. The van der Waals surface area contributed by atoms with E-state index in [1.807, 2.05) is 36.2 Å². The fraction of sp³-hybridized carbons (Fsp3) is 0.182. The zero-order valence-corrected chi connectivity index (χ0v) is 17.2. The molecule has 3 heterocycles. The lowest BCUT2D eigenvalue weighted by Gasteiger charge is -2.27. The Hall–Kier alpha value is -2.76. The Balaban J connectivity index is 1.53. The molecule has 0 aliphatic carbocycles. The summed E-state index contributed by atoms with van der Waals surface area (Å²) in [6.45, 7) is 2.49. The van der Waals surface area contributed by atoms with Gasteiger partial charge in [-0.3, -0.25) is 9.89 Å². The highest BCUT2D eigenvalue weighted by Crippen LogP contribution is 2.42. The molecule has 0 saturated heterocycles. The molecular weight excluding hydrogens is 407 g/mol. The Morgan fingerprint density at radius 1 is 1.17 bits per heavy atom. The third-order valence-electron chi connectivity index (χ3n) is 5.60. The second-order valence-corrected chi connectivity index (χ2v) is 8.13. The summed E-state index contributed by atoms with van der Waals surface area (Å²) in [7, 11) is 0. The molecule has 5 rings (SSSR count). The van der Waals surface area contributed by atoms with Crippen LogP contribution in [-0.2, 0) is 6.42 Å². The van der Waals surface area contributed by atoms with Crippen molar-refractivity contribution in [2.45, 2.75) is 19.4 Å². The van der Waals surface area contributed by atoms with Gasteiger partial charge in [-0.25, -0.2) is 0 Å². The fourth-order valence-corrected chi connectivity index (χ4v) is 4.71. The van der Waals surface area contributed by atoms with Crippen LogP contribution in [0.3, 0.4) is 0 Å². The Morgan fingerprint density at radius 2 is 2.00 bits per heavy atom. The van der Waals surface area contributed by atoms with Gasteiger partial charge in [-0.15, -0.1) is 0 Å². The van der Waals surface area contributed by atoms with Gasteiger partial charge in [0.2, 0.25) is 0 Å². The molecule has 0 spiro atoms. The largest absolute Gasteiger partial charge is 0.361 e. The summed E-state index contributed by atoms with van der Waals surface area (Å²) in [5.74, 6) is -0.0831. The number of hydrogen-bond acceptors (Lipinski definition) is 2. The number of nitrogens with zero attached hydrogens (tertiary/aromatic N) is 2. The fourth-order valence-electron chi connectivity index (χ4n) is 4.20. The van der Waals surface area contributed by atoms with E-state index in [0.717, 1.165) is 28.8 Å². The predicted molar refractivity (Wildman–Crippen MR) is 115 cm³/mol. The molecule has 1 amide bonds. The molecule has 5 nitrogen and oxygen atoms in total. The highest BCUT2D eigenvalue weighted by molar-refractivity contribution is 6.35. The number of aromatic nitrogens is 3. The van der Waals surface area contributed by atoms with E-state index in [4.69, 9.17) is 23.2 Å². The van der Waals surface area contributed by atoms with Crippen LogP contribution in [0.5, 0.6) is 0 Å². The number of aromatic amines is 2. The molecule has 0 radical (unpaired) electrons. The maximum Gasteiger partial charge on any atom is 0.275 e. The van der Waals surface area contributed by atoms with Crippen LogP contribution in [0.1, 0.15) is 38.9 Å². The van der Waals surface area contributed by atoms with Crippen LogP contribution in [0.15, 0.2) is 48.7 Å². The second kappa shape index (κ2) is 6.94. The van der Waals surface area contributed by atoms with E-state index in [0.29, 0.717) is 22.3 Å². The number of carbonyl (C=O) groups excluding carboxylic acids is 1.